The molecule has 32 heavy (non-hydrogen) atoms. The minimum Gasteiger partial charge on any atom is -0.457 e. The molecule has 0 bridgehead atoms. The van der Waals surface area contributed by atoms with Gasteiger partial charge in [-0.1, -0.05) is 60.3 Å². The van der Waals surface area contributed by atoms with Gasteiger partial charge in [0.25, 0.3) is 5.22 Å². The molecule has 5 rings (SSSR count). The highest BCUT2D eigenvalue weighted by Gasteiger charge is 2.13. The molecule has 0 atom stereocenters. The fraction of sp³-hybridized carbons (Fsp3) is 0.0385. The highest BCUT2D eigenvalue weighted by atomic mass is 32.2. The van der Waals surface area contributed by atoms with Crippen molar-refractivity contribution >= 4 is 28.3 Å². The average Bonchev–Trinajstić information content (AvgIpc) is 3.32. The largest absolute Gasteiger partial charge is 0.457 e. The van der Waals surface area contributed by atoms with Gasteiger partial charge in [-0.15, -0.1) is 10.2 Å². The Balaban J connectivity index is 1.21. The molecule has 0 spiro atoms. The Kier molecular flexibility index (Phi) is 5.68. The van der Waals surface area contributed by atoms with Crippen molar-refractivity contribution in [2.24, 2.45) is 0 Å². The molecule has 1 aromatic heterocycles. The van der Waals surface area contributed by atoms with Crippen molar-refractivity contribution in [3.8, 4) is 23.0 Å². The first-order valence-electron chi connectivity index (χ1n) is 10.1. The van der Waals surface area contributed by atoms with E-state index in [0.717, 1.165) is 22.1 Å². The molecule has 0 saturated carbocycles. The third-order valence-corrected chi connectivity index (χ3v) is 5.70. The number of ether oxygens (including phenoxy) is 1. The number of ketones is 1. The number of benzene rings is 4. The fourth-order valence-corrected chi connectivity index (χ4v) is 3.91. The number of Topliss-reactive ketones (excluding diaryl/α,β-unsaturated/α-hetero) is 1. The second-order valence-electron chi connectivity index (χ2n) is 7.09. The summed E-state index contributed by atoms with van der Waals surface area (Å²) in [7, 11) is 0. The van der Waals surface area contributed by atoms with Crippen molar-refractivity contribution in [2.75, 3.05) is 5.75 Å². The lowest BCUT2D eigenvalue weighted by molar-refractivity contribution is 0.102. The van der Waals surface area contributed by atoms with E-state index in [0.29, 0.717) is 22.4 Å². The Hall–Kier alpha value is -3.90. The van der Waals surface area contributed by atoms with Gasteiger partial charge in [-0.2, -0.15) is 0 Å². The van der Waals surface area contributed by atoms with Crippen LogP contribution in [0.2, 0.25) is 0 Å². The molecule has 5 nitrogen and oxygen atoms in total. The molecule has 0 saturated heterocycles. The summed E-state index contributed by atoms with van der Waals surface area (Å²) in [5, 5.41) is 10.8. The highest BCUT2D eigenvalue weighted by molar-refractivity contribution is 7.99. The van der Waals surface area contributed by atoms with E-state index in [1.165, 1.54) is 11.8 Å². The number of thioether (sulfide) groups is 1. The SMILES string of the molecule is O=C(CSc1nnc(-c2ccc3ccccc3c2)o1)c1ccc(Oc2ccccc2)cc1. The van der Waals surface area contributed by atoms with Crippen LogP contribution in [-0.2, 0) is 0 Å². The monoisotopic (exact) mass is 438 g/mol. The second kappa shape index (κ2) is 9.08. The van der Waals surface area contributed by atoms with Crippen LogP contribution in [0.4, 0.5) is 0 Å². The number of hydrogen-bond acceptors (Lipinski definition) is 6. The van der Waals surface area contributed by atoms with Gasteiger partial charge < -0.3 is 9.15 Å². The Bertz CT molecular complexity index is 1370. The molecule has 0 aliphatic carbocycles. The number of carbonyl (C=O) groups is 1. The van der Waals surface area contributed by atoms with Crippen LogP contribution in [0.5, 0.6) is 11.5 Å². The van der Waals surface area contributed by atoms with Gasteiger partial charge in [0.05, 0.1) is 5.75 Å². The van der Waals surface area contributed by atoms with Crippen LogP contribution in [0, 0.1) is 0 Å². The third-order valence-electron chi connectivity index (χ3n) is 4.88. The lowest BCUT2D eigenvalue weighted by Crippen LogP contribution is -2.02. The topological polar surface area (TPSA) is 65.2 Å². The van der Waals surface area contributed by atoms with E-state index >= 15 is 0 Å². The fourth-order valence-electron chi connectivity index (χ4n) is 3.25. The first kappa shape index (κ1) is 20.0. The van der Waals surface area contributed by atoms with E-state index in [4.69, 9.17) is 9.15 Å². The Morgan fingerprint density at radius 1 is 0.781 bits per heavy atom. The number of fused-ring (bicyclic) bond motifs is 1. The standard InChI is InChI=1S/C26H18N2O3S/c29-24(19-12-14-23(15-13-19)30-22-8-2-1-3-9-22)17-32-26-28-27-25(31-26)21-11-10-18-6-4-5-7-20(18)16-21/h1-16H,17H2. The Morgan fingerprint density at radius 2 is 1.50 bits per heavy atom. The van der Waals surface area contributed by atoms with Crippen molar-refractivity contribution in [1.82, 2.24) is 10.2 Å². The molecule has 0 amide bonds. The Labute approximate surface area is 189 Å². The quantitative estimate of drug-likeness (QED) is 0.209. The highest BCUT2D eigenvalue weighted by Crippen LogP contribution is 2.27. The average molecular weight is 439 g/mol. The molecule has 0 unspecified atom stereocenters. The van der Waals surface area contributed by atoms with Crippen LogP contribution in [0.25, 0.3) is 22.2 Å². The third kappa shape index (κ3) is 4.55. The molecule has 4 aromatic carbocycles. The Morgan fingerprint density at radius 3 is 2.31 bits per heavy atom. The number of hydrogen-bond donors (Lipinski definition) is 0. The summed E-state index contributed by atoms with van der Waals surface area (Å²) in [6, 6.07) is 30.7. The van der Waals surface area contributed by atoms with Gasteiger partial charge in [0.15, 0.2) is 5.78 Å². The molecule has 0 N–H and O–H groups in total. The number of rotatable bonds is 7. The zero-order chi connectivity index (χ0) is 21.8. The van der Waals surface area contributed by atoms with E-state index in [9.17, 15) is 4.79 Å². The number of carbonyl (C=O) groups excluding carboxylic acids is 1. The van der Waals surface area contributed by atoms with E-state index in [1.807, 2.05) is 66.7 Å². The number of aromatic nitrogens is 2. The van der Waals surface area contributed by atoms with E-state index < -0.39 is 0 Å². The minimum atomic E-state index is -0.0216. The van der Waals surface area contributed by atoms with E-state index in [1.54, 1.807) is 24.3 Å². The van der Waals surface area contributed by atoms with Gasteiger partial charge in [0, 0.05) is 11.1 Å². The van der Waals surface area contributed by atoms with Crippen molar-refractivity contribution in [3.63, 3.8) is 0 Å². The zero-order valence-electron chi connectivity index (χ0n) is 17.0. The molecule has 156 valence electrons. The predicted molar refractivity (Wildman–Crippen MR) is 125 cm³/mol. The molecule has 5 aromatic rings. The summed E-state index contributed by atoms with van der Waals surface area (Å²) in [5.74, 6) is 2.05. The molecular formula is C26H18N2O3S. The zero-order valence-corrected chi connectivity index (χ0v) is 17.8. The van der Waals surface area contributed by atoms with Crippen molar-refractivity contribution < 1.29 is 13.9 Å². The maximum absolute atomic E-state index is 12.6. The second-order valence-corrected chi connectivity index (χ2v) is 8.01. The van der Waals surface area contributed by atoms with E-state index in [-0.39, 0.29) is 11.5 Å². The minimum absolute atomic E-state index is 0.0216. The molecule has 0 aliphatic heterocycles. The van der Waals surface area contributed by atoms with Crippen LogP contribution in [0.15, 0.2) is 107 Å². The molecule has 1 heterocycles. The van der Waals surface area contributed by atoms with Gasteiger partial charge >= 0.3 is 0 Å². The normalized spacial score (nSPS) is 10.9. The first-order chi connectivity index (χ1) is 15.7. The van der Waals surface area contributed by atoms with Crippen molar-refractivity contribution in [3.05, 3.63) is 103 Å². The maximum atomic E-state index is 12.6. The summed E-state index contributed by atoms with van der Waals surface area (Å²) >= 11 is 1.23. The first-order valence-corrected chi connectivity index (χ1v) is 11.0. The summed E-state index contributed by atoms with van der Waals surface area (Å²) < 4.78 is 11.5. The van der Waals surface area contributed by atoms with Crippen molar-refractivity contribution in [1.29, 1.82) is 0 Å². The summed E-state index contributed by atoms with van der Waals surface area (Å²) in [4.78, 5) is 12.6. The predicted octanol–water partition coefficient (Wildman–Crippen LogP) is 6.66. The van der Waals surface area contributed by atoms with Crippen LogP contribution in [0.1, 0.15) is 10.4 Å². The summed E-state index contributed by atoms with van der Waals surface area (Å²) in [5.41, 5.74) is 1.45. The van der Waals surface area contributed by atoms with Gasteiger partial charge in [0.1, 0.15) is 11.5 Å². The lowest BCUT2D eigenvalue weighted by atomic mass is 10.1. The van der Waals surface area contributed by atoms with Crippen LogP contribution in [0.3, 0.4) is 0 Å². The van der Waals surface area contributed by atoms with Gasteiger partial charge in [-0.25, -0.2) is 0 Å². The molecule has 0 fully saturated rings. The van der Waals surface area contributed by atoms with Crippen molar-refractivity contribution in [2.45, 2.75) is 5.22 Å². The molecular weight excluding hydrogens is 420 g/mol. The lowest BCUT2D eigenvalue weighted by Gasteiger charge is -2.06. The summed E-state index contributed by atoms with van der Waals surface area (Å²) in [6.45, 7) is 0. The maximum Gasteiger partial charge on any atom is 0.277 e. The smallest absolute Gasteiger partial charge is 0.277 e. The summed E-state index contributed by atoms with van der Waals surface area (Å²) in [6.07, 6.45) is 0. The number of nitrogens with zero attached hydrogens (tertiary/aromatic N) is 2. The van der Waals surface area contributed by atoms with Crippen LogP contribution in [-0.4, -0.2) is 21.7 Å². The van der Waals surface area contributed by atoms with Gasteiger partial charge in [-0.3, -0.25) is 4.79 Å². The number of para-hydroxylation sites is 1. The van der Waals surface area contributed by atoms with Gasteiger partial charge in [0.2, 0.25) is 5.89 Å². The van der Waals surface area contributed by atoms with Crippen LogP contribution < -0.4 is 4.74 Å². The van der Waals surface area contributed by atoms with Gasteiger partial charge in [-0.05, 0) is 59.3 Å². The van der Waals surface area contributed by atoms with Crippen LogP contribution >= 0.6 is 11.8 Å². The molecule has 0 radical (unpaired) electrons. The molecule has 6 heteroatoms. The molecule has 0 aliphatic rings. The van der Waals surface area contributed by atoms with E-state index in [2.05, 4.69) is 16.3 Å².